The van der Waals surface area contributed by atoms with Gasteiger partial charge in [-0.3, -0.25) is 4.79 Å². The molecule has 104 valence electrons. The highest BCUT2D eigenvalue weighted by Crippen LogP contribution is 2.25. The first-order valence-electron chi connectivity index (χ1n) is 6.11. The lowest BCUT2D eigenvalue weighted by atomic mass is 9.95. The number of hydrogen-bond donors (Lipinski definition) is 2. The number of carbonyl (C=O) groups is 1. The van der Waals surface area contributed by atoms with Crippen LogP contribution >= 0.6 is 28.1 Å². The topological polar surface area (TPSA) is 55.1 Å². The van der Waals surface area contributed by atoms with Crippen molar-refractivity contribution in [3.63, 3.8) is 0 Å². The monoisotopic (exact) mass is 342 g/mol. The Morgan fingerprint density at radius 2 is 1.79 bits per heavy atom. The van der Waals surface area contributed by atoms with Gasteiger partial charge in [-0.1, -0.05) is 42.0 Å². The van der Waals surface area contributed by atoms with Crippen molar-refractivity contribution in [1.82, 2.24) is 0 Å². The van der Waals surface area contributed by atoms with Crippen LogP contribution in [-0.2, 0) is 4.79 Å². The van der Waals surface area contributed by atoms with Crippen molar-refractivity contribution in [2.24, 2.45) is 17.6 Å². The number of carbonyl (C=O) groups excluding carboxylic acids is 1. The first-order chi connectivity index (χ1) is 8.73. The van der Waals surface area contributed by atoms with Gasteiger partial charge in [-0.25, -0.2) is 0 Å². The summed E-state index contributed by atoms with van der Waals surface area (Å²) < 4.78 is 1.06. The Hall–Kier alpha value is -0.940. The van der Waals surface area contributed by atoms with Gasteiger partial charge >= 0.3 is 0 Å². The summed E-state index contributed by atoms with van der Waals surface area (Å²) in [6.45, 7) is 7.84. The fourth-order valence-corrected chi connectivity index (χ4v) is 2.61. The van der Waals surface area contributed by atoms with Crippen molar-refractivity contribution < 1.29 is 4.79 Å². The Labute approximate surface area is 128 Å². The molecule has 0 aliphatic carbocycles. The van der Waals surface area contributed by atoms with Gasteiger partial charge in [0, 0.05) is 10.2 Å². The molecule has 1 amide bonds. The van der Waals surface area contributed by atoms with E-state index in [-0.39, 0.29) is 16.8 Å². The van der Waals surface area contributed by atoms with Crippen LogP contribution < -0.4 is 11.1 Å². The molecule has 3 N–H and O–H groups in total. The molecule has 0 aliphatic rings. The lowest BCUT2D eigenvalue weighted by molar-refractivity contribution is -0.118. The van der Waals surface area contributed by atoms with Crippen molar-refractivity contribution in [3.8, 4) is 0 Å². The van der Waals surface area contributed by atoms with E-state index in [9.17, 15) is 4.79 Å². The molecule has 5 heteroatoms. The van der Waals surface area contributed by atoms with Crippen molar-refractivity contribution in [1.29, 1.82) is 0 Å². The Balaban J connectivity index is 2.96. The molecule has 19 heavy (non-hydrogen) atoms. The van der Waals surface area contributed by atoms with Gasteiger partial charge in [0.25, 0.3) is 0 Å². The summed E-state index contributed by atoms with van der Waals surface area (Å²) in [6, 6.07) is 3.85. The number of nitrogens with two attached hydrogens (primary N) is 1. The third kappa shape index (κ3) is 4.01. The van der Waals surface area contributed by atoms with Crippen molar-refractivity contribution in [2.45, 2.75) is 27.7 Å². The van der Waals surface area contributed by atoms with Crippen LogP contribution in [0, 0.1) is 25.7 Å². The van der Waals surface area contributed by atoms with Crippen LogP contribution in [0.15, 0.2) is 16.6 Å². The number of halogens is 1. The molecule has 0 heterocycles. The highest BCUT2D eigenvalue weighted by molar-refractivity contribution is 9.10. The van der Waals surface area contributed by atoms with Gasteiger partial charge in [0.15, 0.2) is 0 Å². The number of benzene rings is 1. The summed E-state index contributed by atoms with van der Waals surface area (Å²) in [5.41, 5.74) is 8.56. The largest absolute Gasteiger partial charge is 0.393 e. The molecule has 0 aromatic heterocycles. The van der Waals surface area contributed by atoms with Gasteiger partial charge in [0.1, 0.15) is 0 Å². The van der Waals surface area contributed by atoms with E-state index in [1.807, 2.05) is 39.8 Å². The van der Waals surface area contributed by atoms with Crippen molar-refractivity contribution in [3.05, 3.63) is 27.7 Å². The molecule has 0 aliphatic heterocycles. The van der Waals surface area contributed by atoms with Crippen LogP contribution in [0.4, 0.5) is 5.69 Å². The van der Waals surface area contributed by atoms with E-state index >= 15 is 0 Å². The molecule has 1 unspecified atom stereocenters. The van der Waals surface area contributed by atoms with E-state index in [0.29, 0.717) is 0 Å². The smallest absolute Gasteiger partial charge is 0.234 e. The van der Waals surface area contributed by atoms with Gasteiger partial charge < -0.3 is 11.1 Å². The zero-order valence-corrected chi connectivity index (χ0v) is 14.0. The number of anilines is 1. The summed E-state index contributed by atoms with van der Waals surface area (Å²) >= 11 is 8.47. The van der Waals surface area contributed by atoms with Crippen molar-refractivity contribution >= 4 is 44.7 Å². The molecule has 3 nitrogen and oxygen atoms in total. The molecule has 1 aromatic carbocycles. The average Bonchev–Trinajstić information content (AvgIpc) is 2.24. The molecular weight excluding hydrogens is 324 g/mol. The maximum atomic E-state index is 12.2. The van der Waals surface area contributed by atoms with E-state index < -0.39 is 5.92 Å². The van der Waals surface area contributed by atoms with E-state index in [0.717, 1.165) is 21.3 Å². The van der Waals surface area contributed by atoms with E-state index in [1.54, 1.807) is 0 Å². The third-order valence-electron chi connectivity index (χ3n) is 2.96. The fourth-order valence-electron chi connectivity index (χ4n) is 2.00. The fraction of sp³-hybridized carbons (Fsp3) is 0.429. The number of amides is 1. The molecule has 1 atom stereocenters. The van der Waals surface area contributed by atoms with Crippen LogP contribution in [0.5, 0.6) is 0 Å². The van der Waals surface area contributed by atoms with Gasteiger partial charge in [-0.15, -0.1) is 0 Å². The normalized spacial score (nSPS) is 12.3. The number of nitrogens with one attached hydrogen (secondary N) is 1. The predicted molar refractivity (Wildman–Crippen MR) is 87.4 cm³/mol. The van der Waals surface area contributed by atoms with Crippen LogP contribution in [0.2, 0.25) is 0 Å². The molecule has 0 saturated heterocycles. The summed E-state index contributed by atoms with van der Waals surface area (Å²) in [5.74, 6) is -0.516. The lowest BCUT2D eigenvalue weighted by Crippen LogP contribution is -2.36. The third-order valence-corrected chi connectivity index (χ3v) is 4.46. The number of rotatable bonds is 4. The highest BCUT2D eigenvalue weighted by Gasteiger charge is 2.25. The Morgan fingerprint density at radius 3 is 2.16 bits per heavy atom. The Kier molecular flexibility index (Phi) is 5.50. The molecule has 0 saturated carbocycles. The van der Waals surface area contributed by atoms with Gasteiger partial charge in [-0.05, 0) is 43.0 Å². The first-order valence-corrected chi connectivity index (χ1v) is 7.31. The minimum Gasteiger partial charge on any atom is -0.393 e. The minimum atomic E-state index is -0.445. The minimum absolute atomic E-state index is 0.0788. The van der Waals surface area contributed by atoms with Crippen LogP contribution in [0.25, 0.3) is 0 Å². The number of hydrogen-bond acceptors (Lipinski definition) is 2. The zero-order valence-electron chi connectivity index (χ0n) is 11.6. The maximum Gasteiger partial charge on any atom is 0.234 e. The lowest BCUT2D eigenvalue weighted by Gasteiger charge is -2.19. The van der Waals surface area contributed by atoms with Crippen LogP contribution in [-0.4, -0.2) is 10.9 Å². The molecule has 1 rings (SSSR count). The van der Waals surface area contributed by atoms with E-state index in [2.05, 4.69) is 21.2 Å². The van der Waals surface area contributed by atoms with Crippen LogP contribution in [0.1, 0.15) is 25.0 Å². The molecule has 0 radical (unpaired) electrons. The second-order valence-corrected chi connectivity index (χ2v) is 6.30. The maximum absolute atomic E-state index is 12.2. The first kappa shape index (κ1) is 16.1. The Bertz CT molecular complexity index is 491. The average molecular weight is 343 g/mol. The summed E-state index contributed by atoms with van der Waals surface area (Å²) in [7, 11) is 0. The van der Waals surface area contributed by atoms with Crippen LogP contribution in [0.3, 0.4) is 0 Å². The summed E-state index contributed by atoms with van der Waals surface area (Å²) in [6.07, 6.45) is 0. The molecule has 0 fully saturated rings. The Morgan fingerprint density at radius 1 is 1.32 bits per heavy atom. The number of thiocarbonyl (C=S) groups is 1. The zero-order chi connectivity index (χ0) is 14.7. The standard InChI is InChI=1S/C14H19BrN2OS/c1-7(2)11(13(16)19)14(18)17-10-5-8(3)12(15)9(4)6-10/h5-7,11H,1-4H3,(H2,16,19)(H,17,18). The van der Waals surface area contributed by atoms with E-state index in [1.165, 1.54) is 0 Å². The second kappa shape index (κ2) is 6.48. The molecular formula is C14H19BrN2OS. The highest BCUT2D eigenvalue weighted by atomic mass is 79.9. The summed E-state index contributed by atoms with van der Waals surface area (Å²) in [4.78, 5) is 12.4. The van der Waals surface area contributed by atoms with E-state index in [4.69, 9.17) is 18.0 Å². The van der Waals surface area contributed by atoms with Gasteiger partial charge in [0.05, 0.1) is 10.9 Å². The molecule has 0 spiro atoms. The SMILES string of the molecule is Cc1cc(NC(=O)C(C(N)=S)C(C)C)cc(C)c1Br. The predicted octanol–water partition coefficient (Wildman–Crippen LogP) is 3.56. The van der Waals surface area contributed by atoms with Gasteiger partial charge in [-0.2, -0.15) is 0 Å². The quantitative estimate of drug-likeness (QED) is 0.822. The molecule has 1 aromatic rings. The van der Waals surface area contributed by atoms with Gasteiger partial charge in [0.2, 0.25) is 5.91 Å². The van der Waals surface area contributed by atoms with Crippen molar-refractivity contribution in [2.75, 3.05) is 5.32 Å². The second-order valence-electron chi connectivity index (χ2n) is 5.04. The summed E-state index contributed by atoms with van der Waals surface area (Å²) in [5, 5.41) is 2.89. The molecule has 0 bridgehead atoms. The number of aryl methyl sites for hydroxylation is 2.